The molecule has 9 amide bonds. The molecule has 410 valence electrons. The number of carbonyl (C=O) groups is 10. The number of aromatic nitrogens is 2. The van der Waals surface area contributed by atoms with E-state index < -0.39 is 109 Å². The maximum atomic E-state index is 15.5. The Balaban J connectivity index is 0.843. The van der Waals surface area contributed by atoms with Crippen molar-refractivity contribution in [3.05, 3.63) is 110 Å². The molecule has 0 saturated carbocycles. The van der Waals surface area contributed by atoms with Gasteiger partial charge in [0.15, 0.2) is 5.60 Å². The Hall–Kier alpha value is -8.51. The average Bonchev–Trinajstić information content (AvgIpc) is 4.16. The summed E-state index contributed by atoms with van der Waals surface area (Å²) in [4.78, 5) is 149. The smallest absolute Gasteiger partial charge is 0.343 e. The highest BCUT2D eigenvalue weighted by Crippen LogP contribution is 2.47. The average molecular weight is 1080 g/mol. The van der Waals surface area contributed by atoms with Crippen molar-refractivity contribution in [1.29, 1.82) is 0 Å². The lowest BCUT2D eigenvalue weighted by atomic mass is 9.81. The summed E-state index contributed by atoms with van der Waals surface area (Å²) >= 11 is 0. The number of nitrogens with zero attached hydrogens (tertiary/aromatic N) is 4. The number of nitrogens with one attached hydrogen (secondary N) is 5. The third-order valence-electron chi connectivity index (χ3n) is 14.3. The van der Waals surface area contributed by atoms with Crippen LogP contribution in [0.4, 0.5) is 4.39 Å². The monoisotopic (exact) mass is 1080 g/mol. The fourth-order valence-electron chi connectivity index (χ4n) is 10.2. The summed E-state index contributed by atoms with van der Waals surface area (Å²) in [6.07, 6.45) is 4.36. The van der Waals surface area contributed by atoms with Crippen LogP contribution in [0.25, 0.3) is 22.3 Å². The number of hydrogen-bond acceptors (Lipinski definition) is 15. The molecule has 5 heterocycles. The Labute approximate surface area is 445 Å². The van der Waals surface area contributed by atoms with E-state index in [1.807, 2.05) is 0 Å². The van der Waals surface area contributed by atoms with Crippen molar-refractivity contribution in [3.8, 4) is 11.4 Å². The molecule has 0 saturated heterocycles. The minimum atomic E-state index is -2.10. The van der Waals surface area contributed by atoms with E-state index in [0.717, 1.165) is 9.80 Å². The van der Waals surface area contributed by atoms with Crippen LogP contribution in [0, 0.1) is 12.7 Å². The first kappa shape index (κ1) is 55.7. The number of esters is 1. The number of amides is 9. The van der Waals surface area contributed by atoms with Crippen LogP contribution in [0.1, 0.15) is 97.4 Å². The van der Waals surface area contributed by atoms with Gasteiger partial charge in [0.05, 0.1) is 54.7 Å². The Morgan fingerprint density at radius 3 is 2.29 bits per heavy atom. The van der Waals surface area contributed by atoms with Gasteiger partial charge in [0.2, 0.25) is 35.4 Å². The largest absolute Gasteiger partial charge is 0.458 e. The van der Waals surface area contributed by atoms with Gasteiger partial charge in [0, 0.05) is 61.0 Å². The van der Waals surface area contributed by atoms with Crippen LogP contribution in [-0.2, 0) is 89.0 Å². The number of rotatable bonds is 22. The van der Waals surface area contributed by atoms with E-state index >= 15 is 4.39 Å². The van der Waals surface area contributed by atoms with Crippen LogP contribution in [0.5, 0.6) is 0 Å². The number of aryl methyl sites for hydroxylation is 1. The fourth-order valence-corrected chi connectivity index (χ4v) is 10.2. The Kier molecular flexibility index (Phi) is 17.0. The Morgan fingerprint density at radius 2 is 1.58 bits per heavy atom. The first-order valence-corrected chi connectivity index (χ1v) is 25.5. The number of pyridine rings is 2. The second kappa shape index (κ2) is 23.8. The van der Waals surface area contributed by atoms with Crippen molar-refractivity contribution in [2.75, 3.05) is 39.5 Å². The van der Waals surface area contributed by atoms with Gasteiger partial charge in [-0.25, -0.2) is 14.2 Å². The highest BCUT2D eigenvalue weighted by Gasteiger charge is 2.46. The van der Waals surface area contributed by atoms with Gasteiger partial charge in [0.1, 0.15) is 31.8 Å². The zero-order chi connectivity index (χ0) is 56.0. The topological polar surface area (TPSA) is 311 Å². The molecule has 3 aliphatic heterocycles. The van der Waals surface area contributed by atoms with E-state index in [2.05, 4.69) is 26.6 Å². The van der Waals surface area contributed by atoms with E-state index in [0.29, 0.717) is 52.5 Å². The SMILES string of the molecule is CC[C@@]1(O)C(=O)OCc2c1cc1n(c2=O)Cc2c-1nc1cc(F)c(C)c3c1c2[C@@H](N(C(C)=O)C(=O)COCNC(=O)CNC(=O)[C@H](Cc1ccccc1)NC(=O)CNC(=O)CNC(=O)CCCCCN1C(=O)C=CC1=O)CC3. The zero-order valence-corrected chi connectivity index (χ0v) is 43.1. The Morgan fingerprint density at radius 1 is 0.885 bits per heavy atom. The summed E-state index contributed by atoms with van der Waals surface area (Å²) in [5, 5.41) is 24.2. The van der Waals surface area contributed by atoms with Gasteiger partial charge in [-0.3, -0.25) is 57.7 Å². The first-order chi connectivity index (χ1) is 37.3. The van der Waals surface area contributed by atoms with Crippen molar-refractivity contribution in [1.82, 2.24) is 45.9 Å². The lowest BCUT2D eigenvalue weighted by molar-refractivity contribution is -0.172. The molecule has 4 aliphatic rings. The van der Waals surface area contributed by atoms with Crippen molar-refractivity contribution < 1.29 is 66.9 Å². The van der Waals surface area contributed by atoms with E-state index in [-0.39, 0.29) is 91.6 Å². The van der Waals surface area contributed by atoms with Gasteiger partial charge in [-0.1, -0.05) is 43.7 Å². The first-order valence-electron chi connectivity index (χ1n) is 25.5. The molecule has 0 fully saturated rings. The van der Waals surface area contributed by atoms with Gasteiger partial charge in [-0.15, -0.1) is 0 Å². The van der Waals surface area contributed by atoms with E-state index in [1.54, 1.807) is 44.2 Å². The second-order valence-electron chi connectivity index (χ2n) is 19.3. The molecule has 3 atom stereocenters. The predicted molar refractivity (Wildman–Crippen MR) is 272 cm³/mol. The summed E-state index contributed by atoms with van der Waals surface area (Å²) in [6, 6.07) is 9.31. The van der Waals surface area contributed by atoms with Gasteiger partial charge in [-0.2, -0.15) is 0 Å². The van der Waals surface area contributed by atoms with Crippen LogP contribution in [-0.4, -0.2) is 129 Å². The Bertz CT molecular complexity index is 3230. The standard InChI is InChI=1S/C54H58FN9O14/c1-4-54(76)35-20-40-50-33(25-63(40)52(74)34(35)26-78-53(54)75)49-39(15-14-32-29(2)36(55)21-37(61-50)48(32)49)64(30(3)65)47(72)27-77-28-59-43(68)23-58-51(73)38(19-31-11-7-5-8-12-31)60-44(69)24-57-42(67)22-56-41(66)13-9-6-10-18-62-45(70)16-17-46(62)71/h5,7-8,11-12,16-17,20-21,38-39,76H,4,6,9-10,13-15,18-19,22-28H2,1-3H3,(H,56,66)(H,57,67)(H,58,73)(H,59,68)(H,60,69)/t38-,39-,54-/m0/s1. The van der Waals surface area contributed by atoms with E-state index in [4.69, 9.17) is 14.5 Å². The lowest BCUT2D eigenvalue weighted by Gasteiger charge is -2.35. The predicted octanol–water partition coefficient (Wildman–Crippen LogP) is 0.541. The number of carbonyl (C=O) groups excluding carboxylic acids is 10. The molecule has 24 heteroatoms. The number of unbranched alkanes of at least 4 members (excludes halogenated alkanes) is 2. The molecule has 0 spiro atoms. The van der Waals surface area contributed by atoms with E-state index in [1.165, 1.54) is 35.8 Å². The summed E-state index contributed by atoms with van der Waals surface area (Å²) in [6.45, 7) is 1.46. The highest BCUT2D eigenvalue weighted by molar-refractivity contribution is 6.12. The minimum absolute atomic E-state index is 0.00848. The lowest BCUT2D eigenvalue weighted by Crippen LogP contribution is -2.52. The van der Waals surface area contributed by atoms with Crippen LogP contribution in [0.2, 0.25) is 0 Å². The molecule has 2 aromatic heterocycles. The summed E-state index contributed by atoms with van der Waals surface area (Å²) < 4.78 is 27.7. The van der Waals surface area contributed by atoms with Crippen molar-refractivity contribution in [2.24, 2.45) is 0 Å². The van der Waals surface area contributed by atoms with Crippen LogP contribution in [0.3, 0.4) is 0 Å². The molecular weight excluding hydrogens is 1020 g/mol. The molecule has 23 nitrogen and oxygen atoms in total. The molecule has 0 unspecified atom stereocenters. The van der Waals surface area contributed by atoms with Gasteiger partial charge < -0.3 is 45.7 Å². The summed E-state index contributed by atoms with van der Waals surface area (Å²) in [7, 11) is 0. The number of fused-ring (bicyclic) bond motifs is 5. The van der Waals surface area contributed by atoms with Crippen LogP contribution < -0.4 is 32.1 Å². The molecule has 6 N–H and O–H groups in total. The molecule has 8 rings (SSSR count). The number of aliphatic hydroxyl groups is 1. The fraction of sp³-hybridized carbons (Fsp3) is 0.407. The maximum Gasteiger partial charge on any atom is 0.343 e. The molecule has 2 aromatic carbocycles. The normalized spacial score (nSPS) is 17.1. The molecule has 0 bridgehead atoms. The highest BCUT2D eigenvalue weighted by atomic mass is 19.1. The summed E-state index contributed by atoms with van der Waals surface area (Å²) in [5.74, 6) is -6.92. The number of imide groups is 2. The number of cyclic esters (lactones) is 1. The van der Waals surface area contributed by atoms with Crippen LogP contribution in [0.15, 0.2) is 59.4 Å². The number of ether oxygens (including phenoxy) is 2. The molecule has 78 heavy (non-hydrogen) atoms. The molecule has 1 aliphatic carbocycles. The van der Waals surface area contributed by atoms with Gasteiger partial charge >= 0.3 is 5.97 Å². The molecular formula is C54H58FN9O14. The maximum absolute atomic E-state index is 15.5. The quantitative estimate of drug-likeness (QED) is 0.0239. The van der Waals surface area contributed by atoms with Gasteiger partial charge in [0.25, 0.3) is 23.3 Å². The zero-order valence-electron chi connectivity index (χ0n) is 43.1. The van der Waals surface area contributed by atoms with E-state index in [9.17, 15) is 57.8 Å². The third-order valence-corrected chi connectivity index (χ3v) is 14.3. The van der Waals surface area contributed by atoms with Crippen molar-refractivity contribution in [2.45, 2.75) is 103 Å². The van der Waals surface area contributed by atoms with Crippen LogP contribution >= 0.6 is 0 Å². The number of hydrogen-bond donors (Lipinski definition) is 6. The van der Waals surface area contributed by atoms with Crippen molar-refractivity contribution in [3.63, 3.8) is 0 Å². The van der Waals surface area contributed by atoms with Crippen molar-refractivity contribution >= 4 is 70.0 Å². The minimum Gasteiger partial charge on any atom is -0.458 e. The molecule has 4 aromatic rings. The summed E-state index contributed by atoms with van der Waals surface area (Å²) in [5.41, 5.74) is 0.871. The number of benzene rings is 2. The third kappa shape index (κ3) is 11.7. The second-order valence-corrected chi connectivity index (χ2v) is 19.3. The van der Waals surface area contributed by atoms with Gasteiger partial charge in [-0.05, 0) is 67.3 Å². The molecule has 0 radical (unpaired) electrons. The number of halogens is 1.